The number of hydrogen-bond donors (Lipinski definition) is 3. The Balaban J connectivity index is 2.22. The van der Waals surface area contributed by atoms with Crippen LogP contribution in [0.3, 0.4) is 0 Å². The summed E-state index contributed by atoms with van der Waals surface area (Å²) in [6.07, 6.45) is -0.634. The molecular weight excluding hydrogens is 536 g/mol. The van der Waals surface area contributed by atoms with Crippen LogP contribution in [0.4, 0.5) is 0 Å². The standard InChI is InChI=1S/C23H34N6O11/c24-28-26-10-14-39-13-9-25-18(31)4-1-5-19(32)27-16(15-22(35)36)17(30)3-2-11-38-12-8-23(37)40-29-20(33)6-7-21(29)34/h16H,1-15H2,(H,25,31)(H,27,32)(H,35,36)/t16-/m1/s1. The molecule has 0 saturated carbocycles. The number of ketones is 1. The lowest BCUT2D eigenvalue weighted by Gasteiger charge is -2.16. The highest BCUT2D eigenvalue weighted by Gasteiger charge is 2.32. The Kier molecular flexibility index (Phi) is 16.9. The van der Waals surface area contributed by atoms with Crippen molar-refractivity contribution < 1.29 is 53.0 Å². The summed E-state index contributed by atoms with van der Waals surface area (Å²) in [6.45, 7) is 0.856. The highest BCUT2D eigenvalue weighted by molar-refractivity contribution is 6.01. The first-order chi connectivity index (χ1) is 19.1. The van der Waals surface area contributed by atoms with E-state index in [1.165, 1.54) is 0 Å². The molecule has 0 aromatic rings. The number of azide groups is 1. The lowest BCUT2D eigenvalue weighted by atomic mass is 10.0. The quantitative estimate of drug-likeness (QED) is 0.0511. The summed E-state index contributed by atoms with van der Waals surface area (Å²) in [5.74, 6) is -4.68. The molecule has 3 N–H and O–H groups in total. The van der Waals surface area contributed by atoms with Crippen LogP contribution >= 0.6 is 0 Å². The zero-order valence-corrected chi connectivity index (χ0v) is 22.0. The Bertz CT molecular complexity index is 951. The summed E-state index contributed by atoms with van der Waals surface area (Å²) >= 11 is 0. The van der Waals surface area contributed by atoms with E-state index in [1.54, 1.807) is 0 Å². The van der Waals surface area contributed by atoms with Crippen molar-refractivity contribution in [2.24, 2.45) is 5.11 Å². The summed E-state index contributed by atoms with van der Waals surface area (Å²) in [5.41, 5.74) is 8.14. The Morgan fingerprint density at radius 2 is 1.60 bits per heavy atom. The van der Waals surface area contributed by atoms with Crippen molar-refractivity contribution >= 4 is 41.4 Å². The number of carbonyl (C=O) groups is 7. The van der Waals surface area contributed by atoms with Gasteiger partial charge in [0.15, 0.2) is 5.78 Å². The average molecular weight is 571 g/mol. The lowest BCUT2D eigenvalue weighted by molar-refractivity contribution is -0.198. The number of carboxylic acids is 1. The number of ether oxygens (including phenoxy) is 2. The van der Waals surface area contributed by atoms with E-state index in [9.17, 15) is 33.6 Å². The molecular formula is C23H34N6O11. The van der Waals surface area contributed by atoms with Crippen LogP contribution in [0.1, 0.15) is 57.8 Å². The van der Waals surface area contributed by atoms with Gasteiger partial charge in [0.05, 0.1) is 38.7 Å². The summed E-state index contributed by atoms with van der Waals surface area (Å²) in [6, 6.07) is -1.24. The Hall–Kier alpha value is -4.08. The fourth-order valence-corrected chi connectivity index (χ4v) is 3.28. The molecule has 1 fully saturated rings. The van der Waals surface area contributed by atoms with Crippen LogP contribution in [0.25, 0.3) is 10.4 Å². The van der Waals surface area contributed by atoms with Crippen LogP contribution in [-0.4, -0.2) is 97.1 Å². The van der Waals surface area contributed by atoms with Crippen molar-refractivity contribution in [1.82, 2.24) is 15.7 Å². The molecule has 0 radical (unpaired) electrons. The second kappa shape index (κ2) is 19.9. The number of nitrogens with zero attached hydrogens (tertiary/aromatic N) is 4. The topological polar surface area (TPSA) is 243 Å². The Labute approximate surface area is 229 Å². The summed E-state index contributed by atoms with van der Waals surface area (Å²) in [7, 11) is 0. The van der Waals surface area contributed by atoms with Crippen LogP contribution in [0.5, 0.6) is 0 Å². The van der Waals surface area contributed by atoms with E-state index in [0.717, 1.165) is 0 Å². The molecule has 4 amide bonds. The van der Waals surface area contributed by atoms with Gasteiger partial charge in [-0.15, -0.1) is 5.06 Å². The van der Waals surface area contributed by atoms with E-state index in [2.05, 4.69) is 20.7 Å². The number of carboxylic acid groups (broad SMARTS) is 1. The van der Waals surface area contributed by atoms with Gasteiger partial charge in [-0.3, -0.25) is 28.8 Å². The van der Waals surface area contributed by atoms with Crippen LogP contribution in [0, 0.1) is 0 Å². The number of rotatable bonds is 22. The maximum atomic E-state index is 12.4. The number of imide groups is 1. The minimum Gasteiger partial charge on any atom is -0.481 e. The van der Waals surface area contributed by atoms with E-state index in [-0.39, 0.29) is 96.8 Å². The molecule has 0 spiro atoms. The van der Waals surface area contributed by atoms with Crippen LogP contribution < -0.4 is 10.6 Å². The van der Waals surface area contributed by atoms with Crippen molar-refractivity contribution in [2.75, 3.05) is 39.5 Å². The van der Waals surface area contributed by atoms with Crippen molar-refractivity contribution in [1.29, 1.82) is 0 Å². The molecule has 0 aromatic heterocycles. The number of Topliss-reactive ketones (excluding diaryl/α,β-unsaturated/α-hetero) is 1. The van der Waals surface area contributed by atoms with Crippen molar-refractivity contribution in [3.8, 4) is 0 Å². The minimum absolute atomic E-state index is 0.0167. The van der Waals surface area contributed by atoms with Gasteiger partial charge in [0, 0.05) is 56.7 Å². The molecule has 0 unspecified atom stereocenters. The summed E-state index contributed by atoms with van der Waals surface area (Å²) in [5, 5.41) is 17.8. The summed E-state index contributed by atoms with van der Waals surface area (Å²) < 4.78 is 10.4. The lowest BCUT2D eigenvalue weighted by Crippen LogP contribution is -2.42. The molecule has 17 heteroatoms. The van der Waals surface area contributed by atoms with Crippen LogP contribution in [0.15, 0.2) is 5.11 Å². The molecule has 0 bridgehead atoms. The fourth-order valence-electron chi connectivity index (χ4n) is 3.28. The molecule has 17 nitrogen and oxygen atoms in total. The fraction of sp³-hybridized carbons (Fsp3) is 0.696. The van der Waals surface area contributed by atoms with Gasteiger partial charge in [-0.05, 0) is 18.4 Å². The number of carbonyl (C=O) groups excluding carboxylic acids is 6. The molecule has 1 rings (SSSR count). The van der Waals surface area contributed by atoms with Gasteiger partial charge < -0.3 is 30.1 Å². The van der Waals surface area contributed by atoms with Gasteiger partial charge in [-0.25, -0.2) is 4.79 Å². The SMILES string of the molecule is [N-]=[N+]=NCCOCCNC(=O)CCCC(=O)N[C@H](CC(=O)O)C(=O)CCCOCCC(=O)ON1C(=O)CCC1=O. The predicted molar refractivity (Wildman–Crippen MR) is 133 cm³/mol. The Morgan fingerprint density at radius 3 is 2.27 bits per heavy atom. The maximum Gasteiger partial charge on any atom is 0.335 e. The van der Waals surface area contributed by atoms with E-state index in [4.69, 9.17) is 24.9 Å². The van der Waals surface area contributed by atoms with Crippen LogP contribution in [0.2, 0.25) is 0 Å². The van der Waals surface area contributed by atoms with Gasteiger partial charge in [-0.1, -0.05) is 5.11 Å². The van der Waals surface area contributed by atoms with E-state index >= 15 is 0 Å². The normalized spacial score (nSPS) is 13.3. The first-order valence-corrected chi connectivity index (χ1v) is 12.7. The molecule has 0 aromatic carbocycles. The smallest absolute Gasteiger partial charge is 0.335 e. The number of hydrogen-bond acceptors (Lipinski definition) is 11. The zero-order chi connectivity index (χ0) is 29.8. The van der Waals surface area contributed by atoms with Gasteiger partial charge in [0.25, 0.3) is 11.8 Å². The molecule has 1 saturated heterocycles. The monoisotopic (exact) mass is 570 g/mol. The first kappa shape index (κ1) is 33.9. The molecule has 40 heavy (non-hydrogen) atoms. The third kappa shape index (κ3) is 15.4. The van der Waals surface area contributed by atoms with Gasteiger partial charge in [-0.2, -0.15) is 0 Å². The molecule has 1 aliphatic rings. The van der Waals surface area contributed by atoms with E-state index < -0.39 is 47.9 Å². The molecule has 1 atom stereocenters. The number of amides is 4. The van der Waals surface area contributed by atoms with Crippen LogP contribution in [-0.2, 0) is 47.9 Å². The van der Waals surface area contributed by atoms with Crippen molar-refractivity contribution in [2.45, 2.75) is 63.8 Å². The Morgan fingerprint density at radius 1 is 0.925 bits per heavy atom. The third-order valence-electron chi connectivity index (χ3n) is 5.24. The second-order valence-electron chi connectivity index (χ2n) is 8.47. The van der Waals surface area contributed by atoms with E-state index in [0.29, 0.717) is 5.06 Å². The molecule has 1 aliphatic heterocycles. The van der Waals surface area contributed by atoms with Gasteiger partial charge >= 0.3 is 11.9 Å². The highest BCUT2D eigenvalue weighted by atomic mass is 16.7. The molecule has 0 aliphatic carbocycles. The second-order valence-corrected chi connectivity index (χ2v) is 8.47. The minimum atomic E-state index is -1.27. The first-order valence-electron chi connectivity index (χ1n) is 12.7. The maximum absolute atomic E-state index is 12.4. The van der Waals surface area contributed by atoms with Crippen molar-refractivity contribution in [3.05, 3.63) is 10.4 Å². The summed E-state index contributed by atoms with van der Waals surface area (Å²) in [4.78, 5) is 89.4. The predicted octanol–water partition coefficient (Wildman–Crippen LogP) is -0.0775. The average Bonchev–Trinajstić information content (AvgIpc) is 3.21. The largest absolute Gasteiger partial charge is 0.481 e. The molecule has 222 valence electrons. The van der Waals surface area contributed by atoms with Gasteiger partial charge in [0.2, 0.25) is 11.8 Å². The van der Waals surface area contributed by atoms with Gasteiger partial charge in [0.1, 0.15) is 0 Å². The number of nitrogens with one attached hydrogen (secondary N) is 2. The number of hydroxylamine groups is 2. The third-order valence-corrected chi connectivity index (χ3v) is 5.24. The zero-order valence-electron chi connectivity index (χ0n) is 22.0. The highest BCUT2D eigenvalue weighted by Crippen LogP contribution is 2.12. The number of aliphatic carboxylic acids is 1. The van der Waals surface area contributed by atoms with E-state index in [1.807, 2.05) is 0 Å². The molecule has 1 heterocycles. The van der Waals surface area contributed by atoms with Crippen molar-refractivity contribution in [3.63, 3.8) is 0 Å².